The Labute approximate surface area is 229 Å². The molecule has 0 heterocycles. The summed E-state index contributed by atoms with van der Waals surface area (Å²) in [6.07, 6.45) is 2.31. The van der Waals surface area contributed by atoms with Gasteiger partial charge in [0.05, 0.1) is 16.8 Å². The van der Waals surface area contributed by atoms with Gasteiger partial charge in [0.25, 0.3) is 15.9 Å². The second kappa shape index (κ2) is 12.9. The van der Waals surface area contributed by atoms with Crippen LogP contribution in [-0.4, -0.2) is 27.1 Å². The summed E-state index contributed by atoms with van der Waals surface area (Å²) in [4.78, 5) is 12.9. The Morgan fingerprint density at radius 3 is 2.15 bits per heavy atom. The van der Waals surface area contributed by atoms with E-state index in [9.17, 15) is 13.2 Å². The van der Waals surface area contributed by atoms with Crippen LogP contribution >= 0.6 is 0 Å². The van der Waals surface area contributed by atoms with Crippen LogP contribution in [0.25, 0.3) is 0 Å². The van der Waals surface area contributed by atoms with Crippen LogP contribution in [-0.2, 0) is 27.8 Å². The number of anilines is 1. The number of hydrogen-bond acceptors (Lipinski definition) is 5. The monoisotopic (exact) mass is 541 g/mol. The Kier molecular flexibility index (Phi) is 9.12. The summed E-state index contributed by atoms with van der Waals surface area (Å²) in [5, 5.41) is 4.02. The van der Waals surface area contributed by atoms with Gasteiger partial charge >= 0.3 is 0 Å². The molecule has 8 heteroatoms. The van der Waals surface area contributed by atoms with E-state index in [1.54, 1.807) is 30.3 Å². The number of nitrogens with zero attached hydrogens (tertiary/aromatic N) is 2. The van der Waals surface area contributed by atoms with E-state index in [4.69, 9.17) is 4.74 Å². The number of amides is 1. The Morgan fingerprint density at radius 1 is 0.872 bits per heavy atom. The number of carbonyl (C=O) groups excluding carboxylic acids is 1. The van der Waals surface area contributed by atoms with E-state index in [0.29, 0.717) is 18.0 Å². The highest BCUT2D eigenvalue weighted by Gasteiger charge is 2.27. The fourth-order valence-corrected chi connectivity index (χ4v) is 5.22. The van der Waals surface area contributed by atoms with Crippen molar-refractivity contribution in [2.45, 2.75) is 31.8 Å². The maximum absolute atomic E-state index is 13.4. The van der Waals surface area contributed by atoms with E-state index >= 15 is 0 Å². The lowest BCUT2D eigenvalue weighted by Crippen LogP contribution is -2.39. The van der Waals surface area contributed by atoms with Gasteiger partial charge in [0.1, 0.15) is 18.9 Å². The summed E-state index contributed by atoms with van der Waals surface area (Å²) in [6.45, 7) is 4.10. The van der Waals surface area contributed by atoms with Crippen molar-refractivity contribution in [1.82, 2.24) is 5.43 Å². The number of aryl methyl sites for hydroxylation is 2. The van der Waals surface area contributed by atoms with Crippen molar-refractivity contribution in [2.75, 3.05) is 10.8 Å². The van der Waals surface area contributed by atoms with Crippen molar-refractivity contribution in [3.63, 3.8) is 0 Å². The van der Waals surface area contributed by atoms with Crippen molar-refractivity contribution in [1.29, 1.82) is 0 Å². The second-order valence-electron chi connectivity index (χ2n) is 8.98. The highest BCUT2D eigenvalue weighted by Crippen LogP contribution is 2.24. The van der Waals surface area contributed by atoms with Crippen molar-refractivity contribution < 1.29 is 17.9 Å². The molecule has 0 saturated heterocycles. The Hall–Kier alpha value is -4.43. The molecule has 0 aliphatic carbocycles. The third kappa shape index (κ3) is 7.55. The molecule has 1 N–H and O–H groups in total. The van der Waals surface area contributed by atoms with Gasteiger partial charge in [0, 0.05) is 0 Å². The molecule has 7 nitrogen and oxygen atoms in total. The minimum atomic E-state index is -3.97. The molecule has 4 rings (SSSR count). The molecule has 0 aliphatic rings. The molecule has 4 aromatic carbocycles. The van der Waals surface area contributed by atoms with E-state index < -0.39 is 22.5 Å². The van der Waals surface area contributed by atoms with Crippen molar-refractivity contribution in [3.05, 3.63) is 125 Å². The van der Waals surface area contributed by atoms with Gasteiger partial charge in [-0.15, -0.1) is 0 Å². The van der Waals surface area contributed by atoms with Crippen LogP contribution in [0.3, 0.4) is 0 Å². The molecule has 0 aliphatic heterocycles. The van der Waals surface area contributed by atoms with Gasteiger partial charge in [-0.05, 0) is 78.6 Å². The summed E-state index contributed by atoms with van der Waals surface area (Å²) < 4.78 is 33.7. The molecule has 0 atom stereocenters. The van der Waals surface area contributed by atoms with E-state index in [2.05, 4.69) is 10.5 Å². The summed E-state index contributed by atoms with van der Waals surface area (Å²) in [7, 11) is -3.97. The second-order valence-corrected chi connectivity index (χ2v) is 10.8. The smallest absolute Gasteiger partial charge is 0.264 e. The Balaban J connectivity index is 1.39. The first kappa shape index (κ1) is 27.6. The van der Waals surface area contributed by atoms with Gasteiger partial charge in [-0.1, -0.05) is 67.1 Å². The van der Waals surface area contributed by atoms with Crippen LogP contribution in [0.1, 0.15) is 29.2 Å². The lowest BCUT2D eigenvalue weighted by atomic mass is 10.1. The zero-order valence-electron chi connectivity index (χ0n) is 21.9. The molecule has 0 unspecified atom stereocenters. The van der Waals surface area contributed by atoms with Gasteiger partial charge in [-0.3, -0.25) is 9.10 Å². The fraction of sp³-hybridized carbons (Fsp3) is 0.161. The number of rotatable bonds is 11. The van der Waals surface area contributed by atoms with Crippen LogP contribution in [0.15, 0.2) is 113 Å². The van der Waals surface area contributed by atoms with E-state index in [-0.39, 0.29) is 4.90 Å². The highest BCUT2D eigenvalue weighted by molar-refractivity contribution is 7.92. The van der Waals surface area contributed by atoms with Gasteiger partial charge in [-0.2, -0.15) is 5.10 Å². The van der Waals surface area contributed by atoms with E-state index in [1.807, 2.05) is 74.5 Å². The predicted octanol–water partition coefficient (Wildman–Crippen LogP) is 5.48. The molecule has 39 heavy (non-hydrogen) atoms. The largest absolute Gasteiger partial charge is 0.489 e. The molecule has 0 fully saturated rings. The van der Waals surface area contributed by atoms with E-state index in [1.165, 1.54) is 23.9 Å². The molecule has 0 aromatic heterocycles. The minimum Gasteiger partial charge on any atom is -0.489 e. The molecule has 1 amide bonds. The lowest BCUT2D eigenvalue weighted by molar-refractivity contribution is -0.119. The number of benzene rings is 4. The van der Waals surface area contributed by atoms with E-state index in [0.717, 1.165) is 27.4 Å². The number of sulfonamides is 1. The summed E-state index contributed by atoms with van der Waals surface area (Å²) >= 11 is 0. The average Bonchev–Trinajstić information content (AvgIpc) is 2.97. The number of carbonyl (C=O) groups is 1. The molecule has 200 valence electrons. The molecular weight excluding hydrogens is 510 g/mol. The number of nitrogens with one attached hydrogen (secondary N) is 1. The van der Waals surface area contributed by atoms with Gasteiger partial charge < -0.3 is 4.74 Å². The minimum absolute atomic E-state index is 0.102. The van der Waals surface area contributed by atoms with Crippen LogP contribution in [0.2, 0.25) is 0 Å². The normalized spacial score (nSPS) is 11.3. The molecule has 0 spiro atoms. The lowest BCUT2D eigenvalue weighted by Gasteiger charge is -2.24. The zero-order valence-corrected chi connectivity index (χ0v) is 22.8. The average molecular weight is 542 g/mol. The number of hydrogen-bond donors (Lipinski definition) is 1. The Morgan fingerprint density at radius 2 is 1.51 bits per heavy atom. The Bertz CT molecular complexity index is 1500. The SMILES string of the molecule is CCc1ccc(N(CC(=O)N/N=C\c2ccc(OCc3ccc(C)cc3)cc2)S(=O)(=O)c2ccccc2)cc1. The first-order valence-corrected chi connectivity index (χ1v) is 14.1. The van der Waals surface area contributed by atoms with Crippen LogP contribution in [0.5, 0.6) is 5.75 Å². The first-order chi connectivity index (χ1) is 18.8. The van der Waals surface area contributed by atoms with Crippen molar-refractivity contribution in [3.8, 4) is 5.75 Å². The van der Waals surface area contributed by atoms with Crippen LogP contribution in [0, 0.1) is 6.92 Å². The molecule has 4 aromatic rings. The van der Waals surface area contributed by atoms with Gasteiger partial charge in [0.15, 0.2) is 0 Å². The fourth-order valence-electron chi connectivity index (χ4n) is 3.78. The maximum atomic E-state index is 13.4. The molecule has 0 radical (unpaired) electrons. The molecular formula is C31H31N3O4S. The third-order valence-electron chi connectivity index (χ3n) is 6.06. The molecule has 0 saturated carbocycles. The molecule has 0 bridgehead atoms. The van der Waals surface area contributed by atoms with Crippen LogP contribution in [0.4, 0.5) is 5.69 Å². The summed E-state index contributed by atoms with van der Waals surface area (Å²) in [6, 6.07) is 30.6. The van der Waals surface area contributed by atoms with Crippen molar-refractivity contribution >= 4 is 27.8 Å². The third-order valence-corrected chi connectivity index (χ3v) is 7.85. The van der Waals surface area contributed by atoms with Gasteiger partial charge in [0.2, 0.25) is 0 Å². The number of hydrazone groups is 1. The van der Waals surface area contributed by atoms with Crippen LogP contribution < -0.4 is 14.5 Å². The predicted molar refractivity (Wildman–Crippen MR) is 154 cm³/mol. The quantitative estimate of drug-likeness (QED) is 0.201. The standard InChI is InChI=1S/C31H31N3O4S/c1-3-25-13-17-28(18-14-25)34(39(36,37)30-7-5-4-6-8-30)22-31(35)33-32-21-26-15-19-29(20-16-26)38-23-27-11-9-24(2)10-12-27/h4-21H,3,22-23H2,1-2H3,(H,33,35)/b32-21-. The summed E-state index contributed by atoms with van der Waals surface area (Å²) in [5.74, 6) is 0.149. The number of ether oxygens (including phenoxy) is 1. The summed E-state index contributed by atoms with van der Waals surface area (Å²) in [5.41, 5.74) is 6.94. The maximum Gasteiger partial charge on any atom is 0.264 e. The zero-order chi connectivity index (χ0) is 27.7. The topological polar surface area (TPSA) is 88.1 Å². The van der Waals surface area contributed by atoms with Crippen molar-refractivity contribution in [2.24, 2.45) is 5.10 Å². The first-order valence-electron chi connectivity index (χ1n) is 12.6. The highest BCUT2D eigenvalue weighted by atomic mass is 32.2. The van der Waals surface area contributed by atoms with Gasteiger partial charge in [-0.25, -0.2) is 13.8 Å².